The molecule has 0 atom stereocenters. The van der Waals surface area contributed by atoms with Crippen molar-refractivity contribution < 1.29 is 10.1 Å². The first kappa shape index (κ1) is 4.14. The van der Waals surface area contributed by atoms with Crippen LogP contribution in [-0.4, -0.2) is 15.5 Å². The van der Waals surface area contributed by atoms with Crippen LogP contribution in [0.15, 0.2) is 12.3 Å². The van der Waals surface area contributed by atoms with Crippen LogP contribution in [0.2, 0.25) is 0 Å². The van der Waals surface area contributed by atoms with Gasteiger partial charge >= 0.3 is 0 Å². The van der Waals surface area contributed by atoms with Gasteiger partial charge in [0.05, 0.1) is 6.20 Å². The quantitative estimate of drug-likeness (QED) is 0.393. The second-order valence-corrected chi connectivity index (χ2v) is 1.01. The summed E-state index contributed by atoms with van der Waals surface area (Å²) in [6, 6.07) is 1.50. The van der Waals surface area contributed by atoms with Crippen molar-refractivity contribution in [2.24, 2.45) is 0 Å². The van der Waals surface area contributed by atoms with Gasteiger partial charge in [-0.15, -0.1) is 0 Å². The molecular weight excluding hydrogens is 96.0 g/mol. The number of aromatic nitrogens is 2. The third-order valence-electron chi connectivity index (χ3n) is 0.574. The lowest BCUT2D eigenvalue weighted by atomic mass is 10.7. The molecule has 0 saturated carbocycles. The first-order valence-electron chi connectivity index (χ1n) is 1.74. The molecule has 1 heterocycles. The SMILES string of the molecule is OOc1ccn[nH]1. The van der Waals surface area contributed by atoms with Crippen LogP contribution in [0.3, 0.4) is 0 Å². The van der Waals surface area contributed by atoms with Crippen molar-refractivity contribution >= 4 is 0 Å². The summed E-state index contributed by atoms with van der Waals surface area (Å²) >= 11 is 0. The van der Waals surface area contributed by atoms with E-state index in [0.29, 0.717) is 0 Å². The monoisotopic (exact) mass is 100 g/mol. The summed E-state index contributed by atoms with van der Waals surface area (Å²) in [5.41, 5.74) is 0. The van der Waals surface area contributed by atoms with Crippen molar-refractivity contribution in [3.63, 3.8) is 0 Å². The van der Waals surface area contributed by atoms with E-state index in [2.05, 4.69) is 15.1 Å². The van der Waals surface area contributed by atoms with Gasteiger partial charge in [-0.3, -0.25) is 0 Å². The topological polar surface area (TPSA) is 58.1 Å². The molecule has 0 aromatic carbocycles. The molecule has 4 nitrogen and oxygen atoms in total. The molecule has 4 heteroatoms. The zero-order valence-corrected chi connectivity index (χ0v) is 3.46. The zero-order chi connectivity index (χ0) is 5.11. The molecule has 2 N–H and O–H groups in total. The largest absolute Gasteiger partial charge is 0.320 e. The Labute approximate surface area is 39.7 Å². The van der Waals surface area contributed by atoms with Crippen molar-refractivity contribution in [3.05, 3.63) is 12.3 Å². The number of rotatable bonds is 1. The average Bonchev–Trinajstić information content (AvgIpc) is 2.14. The summed E-state index contributed by atoms with van der Waals surface area (Å²) in [5.74, 6) is 0.250. The third-order valence-corrected chi connectivity index (χ3v) is 0.574. The molecule has 0 radical (unpaired) electrons. The van der Waals surface area contributed by atoms with Gasteiger partial charge in [-0.25, -0.2) is 10.4 Å². The Morgan fingerprint density at radius 3 is 3.00 bits per heavy atom. The highest BCUT2D eigenvalue weighted by atomic mass is 17.1. The lowest BCUT2D eigenvalue weighted by Gasteiger charge is -1.82. The molecule has 0 aliphatic carbocycles. The molecule has 0 saturated heterocycles. The molecule has 0 aliphatic heterocycles. The highest BCUT2D eigenvalue weighted by molar-refractivity contribution is 5.02. The maximum atomic E-state index is 7.86. The van der Waals surface area contributed by atoms with E-state index in [0.717, 1.165) is 0 Å². The molecule has 7 heavy (non-hydrogen) atoms. The van der Waals surface area contributed by atoms with Crippen molar-refractivity contribution in [1.82, 2.24) is 10.2 Å². The summed E-state index contributed by atoms with van der Waals surface area (Å²) in [4.78, 5) is 3.74. The van der Waals surface area contributed by atoms with Crippen LogP contribution in [0.4, 0.5) is 0 Å². The fourth-order valence-corrected chi connectivity index (χ4v) is 0.294. The molecule has 0 aliphatic rings. The van der Waals surface area contributed by atoms with Gasteiger partial charge in [-0.05, 0) is 0 Å². The van der Waals surface area contributed by atoms with E-state index < -0.39 is 0 Å². The van der Waals surface area contributed by atoms with Gasteiger partial charge in [0, 0.05) is 6.07 Å². The summed E-state index contributed by atoms with van der Waals surface area (Å²) < 4.78 is 0. The Hall–Kier alpha value is -1.03. The minimum atomic E-state index is 0.250. The minimum Gasteiger partial charge on any atom is -0.320 e. The molecule has 1 aromatic heterocycles. The van der Waals surface area contributed by atoms with Crippen molar-refractivity contribution in [3.8, 4) is 5.88 Å². The maximum Gasteiger partial charge on any atom is 0.251 e. The van der Waals surface area contributed by atoms with Crippen molar-refractivity contribution in [2.75, 3.05) is 0 Å². The van der Waals surface area contributed by atoms with E-state index in [1.165, 1.54) is 12.3 Å². The molecule has 1 rings (SSSR count). The molecule has 0 unspecified atom stereocenters. The number of hydrogen-bond donors (Lipinski definition) is 2. The Morgan fingerprint density at radius 1 is 1.86 bits per heavy atom. The van der Waals surface area contributed by atoms with Gasteiger partial charge in [-0.2, -0.15) is 5.10 Å². The van der Waals surface area contributed by atoms with Crippen LogP contribution in [0.25, 0.3) is 0 Å². The fourth-order valence-electron chi connectivity index (χ4n) is 0.294. The Morgan fingerprint density at radius 2 is 2.71 bits per heavy atom. The van der Waals surface area contributed by atoms with Gasteiger partial charge in [0.15, 0.2) is 0 Å². The molecule has 1 aromatic rings. The predicted molar refractivity (Wildman–Crippen MR) is 21.8 cm³/mol. The highest BCUT2D eigenvalue weighted by Crippen LogP contribution is 1.97. The summed E-state index contributed by atoms with van der Waals surface area (Å²) in [5, 5.41) is 13.7. The second-order valence-electron chi connectivity index (χ2n) is 1.01. The molecule has 0 bridgehead atoms. The van der Waals surface area contributed by atoms with Crippen LogP contribution in [0.1, 0.15) is 0 Å². The second kappa shape index (κ2) is 1.61. The van der Waals surface area contributed by atoms with E-state index >= 15 is 0 Å². The third kappa shape index (κ3) is 0.690. The van der Waals surface area contributed by atoms with Gasteiger partial charge in [-0.1, -0.05) is 0 Å². The smallest absolute Gasteiger partial charge is 0.251 e. The van der Waals surface area contributed by atoms with E-state index in [-0.39, 0.29) is 5.88 Å². The molecule has 38 valence electrons. The van der Waals surface area contributed by atoms with Crippen LogP contribution < -0.4 is 4.89 Å². The molecule has 0 spiro atoms. The number of H-pyrrole nitrogens is 1. The first-order chi connectivity index (χ1) is 3.43. The predicted octanol–water partition coefficient (Wildman–Crippen LogP) is 0.261. The van der Waals surface area contributed by atoms with E-state index in [4.69, 9.17) is 5.26 Å². The van der Waals surface area contributed by atoms with Crippen LogP contribution in [0, 0.1) is 0 Å². The Bertz CT molecular complexity index is 125. The van der Waals surface area contributed by atoms with Crippen molar-refractivity contribution in [2.45, 2.75) is 0 Å². The first-order valence-corrected chi connectivity index (χ1v) is 1.74. The van der Waals surface area contributed by atoms with E-state index in [1.54, 1.807) is 0 Å². The number of nitrogens with one attached hydrogen (secondary N) is 1. The lowest BCUT2D eigenvalue weighted by molar-refractivity contribution is -0.141. The van der Waals surface area contributed by atoms with E-state index in [9.17, 15) is 0 Å². The van der Waals surface area contributed by atoms with Crippen molar-refractivity contribution in [1.29, 1.82) is 0 Å². The summed E-state index contributed by atoms with van der Waals surface area (Å²) in [6.45, 7) is 0. The van der Waals surface area contributed by atoms with Gasteiger partial charge in [0.25, 0.3) is 5.88 Å². The van der Waals surface area contributed by atoms with Gasteiger partial charge in [0.1, 0.15) is 0 Å². The normalized spacial score (nSPS) is 8.71. The fraction of sp³-hybridized carbons (Fsp3) is 0. The van der Waals surface area contributed by atoms with Crippen LogP contribution >= 0.6 is 0 Å². The van der Waals surface area contributed by atoms with Crippen LogP contribution in [0.5, 0.6) is 5.88 Å². The highest BCUT2D eigenvalue weighted by Gasteiger charge is 1.85. The van der Waals surface area contributed by atoms with Crippen LogP contribution in [-0.2, 0) is 0 Å². The molecule has 0 amide bonds. The number of hydrogen-bond acceptors (Lipinski definition) is 3. The summed E-state index contributed by atoms with van der Waals surface area (Å²) in [7, 11) is 0. The molecule has 0 fully saturated rings. The van der Waals surface area contributed by atoms with Gasteiger partial charge in [0.2, 0.25) is 0 Å². The minimum absolute atomic E-state index is 0.250. The Balaban J connectivity index is 2.76. The average molecular weight is 100 g/mol. The number of aromatic amines is 1. The lowest BCUT2D eigenvalue weighted by Crippen LogP contribution is -1.81. The van der Waals surface area contributed by atoms with Gasteiger partial charge < -0.3 is 4.89 Å². The standard InChI is InChI=1S/C3H4N2O2/c6-7-3-1-2-4-5-3/h1-2,6H,(H,4,5). The zero-order valence-electron chi connectivity index (χ0n) is 3.46. The van der Waals surface area contributed by atoms with E-state index in [1.807, 2.05) is 0 Å². The summed E-state index contributed by atoms with van der Waals surface area (Å²) in [6.07, 6.45) is 1.48. The number of nitrogens with zero attached hydrogens (tertiary/aromatic N) is 1. The Kier molecular flexibility index (Phi) is 0.953. The maximum absolute atomic E-state index is 7.86. The molecular formula is C3H4N2O2.